The fraction of sp³-hybridized carbons (Fsp3) is 0.207. The number of anilines is 1. The third-order valence-corrected chi connectivity index (χ3v) is 8.03. The molecule has 0 saturated carbocycles. The minimum atomic E-state index is -4.44. The molecule has 9 nitrogen and oxygen atoms in total. The van der Waals surface area contributed by atoms with Gasteiger partial charge in [-0.15, -0.1) is 0 Å². The average Bonchev–Trinajstić information content (AvgIpc) is 2.96. The summed E-state index contributed by atoms with van der Waals surface area (Å²) in [6, 6.07) is 11.0. The first-order valence-electron chi connectivity index (χ1n) is 12.6. The zero-order chi connectivity index (χ0) is 29.1. The van der Waals surface area contributed by atoms with Gasteiger partial charge in [0.15, 0.2) is 0 Å². The number of sulfonamides is 1. The van der Waals surface area contributed by atoms with Crippen molar-refractivity contribution in [2.45, 2.75) is 11.8 Å². The molecule has 1 fully saturated rings. The predicted octanol–water partition coefficient (Wildman–Crippen LogP) is 4.65. The van der Waals surface area contributed by atoms with Crippen molar-refractivity contribution < 1.29 is 31.5 Å². The van der Waals surface area contributed by atoms with Crippen molar-refractivity contribution in [3.05, 3.63) is 84.2 Å². The molecule has 1 aliphatic heterocycles. The standard InChI is InChI=1S/C29H26F2N4O5S/c1-18(13-28(36)35-9-11-40-12-10-35)22-7-8-32-25-5-3-19(14-23(22)25)20-15-26(29(39-2)33-17-20)34-41(37,38)27-6-4-21(30)16-24(27)31/h3-8,13-17,34H,9-12H2,1-2H3/b18-13-. The number of morpholine rings is 1. The number of hydrogen-bond acceptors (Lipinski definition) is 7. The molecule has 1 aliphatic rings. The largest absolute Gasteiger partial charge is 0.480 e. The summed E-state index contributed by atoms with van der Waals surface area (Å²) in [5.74, 6) is -2.27. The number of nitrogens with one attached hydrogen (secondary N) is 1. The van der Waals surface area contributed by atoms with E-state index in [1.54, 1.807) is 23.2 Å². The van der Waals surface area contributed by atoms with E-state index in [0.717, 1.165) is 28.7 Å². The van der Waals surface area contributed by atoms with Gasteiger partial charge in [-0.2, -0.15) is 0 Å². The topological polar surface area (TPSA) is 111 Å². The van der Waals surface area contributed by atoms with Gasteiger partial charge in [-0.1, -0.05) is 6.07 Å². The smallest absolute Gasteiger partial charge is 0.264 e. The van der Waals surface area contributed by atoms with Crippen molar-refractivity contribution in [2.24, 2.45) is 0 Å². The van der Waals surface area contributed by atoms with Gasteiger partial charge in [0.1, 0.15) is 22.2 Å². The van der Waals surface area contributed by atoms with Crippen LogP contribution in [0.25, 0.3) is 27.6 Å². The summed E-state index contributed by atoms with van der Waals surface area (Å²) in [5, 5.41) is 0.778. The highest BCUT2D eigenvalue weighted by atomic mass is 32.2. The van der Waals surface area contributed by atoms with Crippen LogP contribution in [0.3, 0.4) is 0 Å². The first kappa shape index (κ1) is 28.1. The normalized spacial score (nSPS) is 14.2. The Morgan fingerprint density at radius 1 is 1.05 bits per heavy atom. The molecule has 2 aromatic heterocycles. The molecule has 0 aliphatic carbocycles. The number of fused-ring (bicyclic) bond motifs is 1. The van der Waals surface area contributed by atoms with Crippen LogP contribution < -0.4 is 9.46 Å². The number of carbonyl (C=O) groups is 1. The zero-order valence-corrected chi connectivity index (χ0v) is 23.0. The van der Waals surface area contributed by atoms with E-state index in [2.05, 4.69) is 14.7 Å². The molecule has 41 heavy (non-hydrogen) atoms. The molecular weight excluding hydrogens is 554 g/mol. The van der Waals surface area contributed by atoms with Crippen molar-refractivity contribution >= 4 is 38.1 Å². The Hall–Kier alpha value is -4.42. The zero-order valence-electron chi connectivity index (χ0n) is 22.2. The molecule has 0 radical (unpaired) electrons. The molecule has 212 valence electrons. The number of halogens is 2. The molecule has 1 amide bonds. The summed E-state index contributed by atoms with van der Waals surface area (Å²) >= 11 is 0. The van der Waals surface area contributed by atoms with Crippen molar-refractivity contribution in [1.82, 2.24) is 14.9 Å². The van der Waals surface area contributed by atoms with Gasteiger partial charge in [-0.3, -0.25) is 14.5 Å². The van der Waals surface area contributed by atoms with Gasteiger partial charge in [0.2, 0.25) is 11.8 Å². The molecule has 12 heteroatoms. The van der Waals surface area contributed by atoms with Crippen LogP contribution in [0.4, 0.5) is 14.5 Å². The molecule has 0 spiro atoms. The Bertz CT molecular complexity index is 1770. The molecule has 3 heterocycles. The summed E-state index contributed by atoms with van der Waals surface area (Å²) < 4.78 is 66.3. The molecule has 4 aromatic rings. The summed E-state index contributed by atoms with van der Waals surface area (Å²) in [5.41, 5.74) is 3.45. The number of aromatic nitrogens is 2. The highest BCUT2D eigenvalue weighted by Gasteiger charge is 2.22. The van der Waals surface area contributed by atoms with Gasteiger partial charge in [-0.25, -0.2) is 22.2 Å². The molecule has 2 aromatic carbocycles. The predicted molar refractivity (Wildman–Crippen MR) is 150 cm³/mol. The Kier molecular flexibility index (Phi) is 7.95. The number of benzene rings is 2. The SMILES string of the molecule is COc1ncc(-c2ccc3nccc(/C(C)=C\C(=O)N4CCOCC4)c3c2)cc1NS(=O)(=O)c1ccc(F)cc1F. The highest BCUT2D eigenvalue weighted by molar-refractivity contribution is 7.92. The van der Waals surface area contributed by atoms with Gasteiger partial charge in [0.25, 0.3) is 10.0 Å². The lowest BCUT2D eigenvalue weighted by Crippen LogP contribution is -2.39. The van der Waals surface area contributed by atoms with Crippen LogP contribution in [0, 0.1) is 11.6 Å². The lowest BCUT2D eigenvalue weighted by atomic mass is 9.98. The van der Waals surface area contributed by atoms with Gasteiger partial charge in [-0.05, 0) is 60.0 Å². The quantitative estimate of drug-likeness (QED) is 0.317. The van der Waals surface area contributed by atoms with E-state index in [9.17, 15) is 22.0 Å². The number of ether oxygens (including phenoxy) is 2. The molecule has 1 N–H and O–H groups in total. The van der Waals surface area contributed by atoms with Crippen molar-refractivity contribution in [2.75, 3.05) is 38.1 Å². The maximum absolute atomic E-state index is 14.3. The summed E-state index contributed by atoms with van der Waals surface area (Å²) in [7, 11) is -3.12. The first-order chi connectivity index (χ1) is 19.7. The number of allylic oxidation sites excluding steroid dienone is 1. The monoisotopic (exact) mass is 580 g/mol. The van der Waals surface area contributed by atoms with Gasteiger partial charge >= 0.3 is 0 Å². The van der Waals surface area contributed by atoms with E-state index in [0.29, 0.717) is 49.0 Å². The fourth-order valence-electron chi connectivity index (χ4n) is 4.55. The summed E-state index contributed by atoms with van der Waals surface area (Å²) in [6.45, 7) is 3.94. The van der Waals surface area contributed by atoms with Crippen LogP contribution in [0.15, 0.2) is 71.9 Å². The first-order valence-corrected chi connectivity index (χ1v) is 14.1. The molecular formula is C29H26F2N4O5S. The lowest BCUT2D eigenvalue weighted by Gasteiger charge is -2.25. The minimum Gasteiger partial charge on any atom is -0.480 e. The Morgan fingerprint density at radius 2 is 1.83 bits per heavy atom. The lowest BCUT2D eigenvalue weighted by molar-refractivity contribution is -0.129. The van der Waals surface area contributed by atoms with Crippen LogP contribution in [-0.2, 0) is 19.6 Å². The van der Waals surface area contributed by atoms with E-state index in [1.807, 2.05) is 25.1 Å². The summed E-state index contributed by atoms with van der Waals surface area (Å²) in [4.78, 5) is 22.5. The molecule has 0 atom stereocenters. The number of nitrogens with zero attached hydrogens (tertiary/aromatic N) is 3. The van der Waals surface area contributed by atoms with Gasteiger partial charge in [0, 0.05) is 48.6 Å². The Labute approximate surface area is 235 Å². The molecule has 0 unspecified atom stereocenters. The molecule has 1 saturated heterocycles. The minimum absolute atomic E-state index is 0.0348. The number of carbonyl (C=O) groups excluding carboxylic acids is 1. The second-order valence-corrected chi connectivity index (χ2v) is 11.0. The Morgan fingerprint density at radius 3 is 2.56 bits per heavy atom. The van der Waals surface area contributed by atoms with Crippen LogP contribution in [0.1, 0.15) is 12.5 Å². The van der Waals surface area contributed by atoms with E-state index in [4.69, 9.17) is 9.47 Å². The Balaban J connectivity index is 1.51. The number of rotatable bonds is 7. The van der Waals surface area contributed by atoms with E-state index in [-0.39, 0.29) is 17.5 Å². The maximum atomic E-state index is 14.3. The third kappa shape index (κ3) is 6.03. The number of amides is 1. The van der Waals surface area contributed by atoms with Gasteiger partial charge < -0.3 is 14.4 Å². The third-order valence-electron chi connectivity index (χ3n) is 6.63. The average molecular weight is 581 g/mol. The second kappa shape index (κ2) is 11.6. The van der Waals surface area contributed by atoms with Crippen molar-refractivity contribution in [3.63, 3.8) is 0 Å². The van der Waals surface area contributed by atoms with E-state index in [1.165, 1.54) is 19.4 Å². The summed E-state index contributed by atoms with van der Waals surface area (Å²) in [6.07, 6.45) is 4.78. The van der Waals surface area contributed by atoms with Crippen LogP contribution in [0.5, 0.6) is 5.88 Å². The van der Waals surface area contributed by atoms with Crippen LogP contribution in [-0.4, -0.2) is 62.6 Å². The van der Waals surface area contributed by atoms with Crippen molar-refractivity contribution in [3.8, 4) is 17.0 Å². The maximum Gasteiger partial charge on any atom is 0.264 e. The fourth-order valence-corrected chi connectivity index (χ4v) is 5.65. The van der Waals surface area contributed by atoms with E-state index >= 15 is 0 Å². The second-order valence-electron chi connectivity index (χ2n) is 9.32. The number of pyridine rings is 2. The van der Waals surface area contributed by atoms with Crippen LogP contribution in [0.2, 0.25) is 0 Å². The van der Waals surface area contributed by atoms with Crippen LogP contribution >= 0.6 is 0 Å². The molecule has 5 rings (SSSR count). The highest BCUT2D eigenvalue weighted by Crippen LogP contribution is 2.33. The van der Waals surface area contributed by atoms with E-state index < -0.39 is 26.6 Å². The number of hydrogen-bond donors (Lipinski definition) is 1. The van der Waals surface area contributed by atoms with Crippen molar-refractivity contribution in [1.29, 1.82) is 0 Å². The van der Waals surface area contributed by atoms with Gasteiger partial charge in [0.05, 0.1) is 25.8 Å². The molecule has 0 bridgehead atoms. The number of methoxy groups -OCH3 is 1.